The molecule has 1 N–H and O–H groups in total. The van der Waals surface area contributed by atoms with Gasteiger partial charge in [-0.05, 0) is 30.7 Å². The number of amides is 1. The van der Waals surface area contributed by atoms with Crippen molar-refractivity contribution >= 4 is 17.2 Å². The minimum atomic E-state index is -4.29. The molecule has 0 unspecified atom stereocenters. The summed E-state index contributed by atoms with van der Waals surface area (Å²) in [5, 5.41) is 2.49. The van der Waals surface area contributed by atoms with Crippen molar-refractivity contribution in [3.8, 4) is 10.6 Å². The number of thiophene rings is 1. The molecule has 0 spiro atoms. The van der Waals surface area contributed by atoms with Crippen molar-refractivity contribution in [3.63, 3.8) is 0 Å². The topological polar surface area (TPSA) is 42.2 Å². The van der Waals surface area contributed by atoms with Gasteiger partial charge in [0.2, 0.25) is 5.91 Å². The second kappa shape index (κ2) is 6.80. The predicted octanol–water partition coefficient (Wildman–Crippen LogP) is 4.01. The maximum absolute atomic E-state index is 12.0. The highest BCUT2D eigenvalue weighted by atomic mass is 32.1. The smallest absolute Gasteiger partial charge is 0.389 e. The number of rotatable bonds is 6. The van der Waals surface area contributed by atoms with Gasteiger partial charge in [0.1, 0.15) is 5.76 Å². The molecule has 21 heavy (non-hydrogen) atoms. The number of carbonyl (C=O) groups excluding carboxylic acids is 1. The molecule has 0 fully saturated rings. The average molecular weight is 317 g/mol. The molecular formula is C14H14F3NO2S. The second-order valence-corrected chi connectivity index (χ2v) is 5.63. The van der Waals surface area contributed by atoms with Crippen molar-refractivity contribution in [1.29, 1.82) is 0 Å². The van der Waals surface area contributed by atoms with E-state index in [2.05, 4.69) is 5.32 Å². The molecule has 0 aromatic carbocycles. The van der Waals surface area contributed by atoms with E-state index < -0.39 is 24.9 Å². The van der Waals surface area contributed by atoms with Gasteiger partial charge in [0, 0.05) is 17.8 Å². The van der Waals surface area contributed by atoms with Crippen molar-refractivity contribution in [2.24, 2.45) is 0 Å². The third kappa shape index (κ3) is 5.26. The van der Waals surface area contributed by atoms with Crippen molar-refractivity contribution in [2.45, 2.75) is 25.4 Å². The highest BCUT2D eigenvalue weighted by molar-refractivity contribution is 7.15. The van der Waals surface area contributed by atoms with Gasteiger partial charge in [0.05, 0.1) is 17.6 Å². The Bertz CT molecular complexity index is 575. The highest BCUT2D eigenvalue weighted by Gasteiger charge is 2.27. The first-order valence-electron chi connectivity index (χ1n) is 6.40. The number of halogens is 3. The van der Waals surface area contributed by atoms with E-state index in [9.17, 15) is 18.0 Å². The van der Waals surface area contributed by atoms with E-state index in [4.69, 9.17) is 4.42 Å². The lowest BCUT2D eigenvalue weighted by molar-refractivity contribution is -0.144. The number of alkyl halides is 3. The third-order valence-corrected chi connectivity index (χ3v) is 3.91. The van der Waals surface area contributed by atoms with Gasteiger partial charge in [0.25, 0.3) is 0 Å². The summed E-state index contributed by atoms with van der Waals surface area (Å²) >= 11 is 1.53. The monoisotopic (exact) mass is 317 g/mol. The van der Waals surface area contributed by atoms with Crippen LogP contribution in [0, 0.1) is 0 Å². The molecule has 0 saturated carbocycles. The Morgan fingerprint density at radius 1 is 1.29 bits per heavy atom. The van der Waals surface area contributed by atoms with Gasteiger partial charge in [-0.2, -0.15) is 13.2 Å². The van der Waals surface area contributed by atoms with Crippen LogP contribution < -0.4 is 5.32 Å². The quantitative estimate of drug-likeness (QED) is 0.874. The summed E-state index contributed by atoms with van der Waals surface area (Å²) in [4.78, 5) is 13.3. The molecule has 0 saturated heterocycles. The van der Waals surface area contributed by atoms with Crippen LogP contribution in [0.5, 0.6) is 0 Å². The zero-order chi connectivity index (χ0) is 15.3. The molecule has 2 heterocycles. The molecule has 0 aliphatic heterocycles. The van der Waals surface area contributed by atoms with Gasteiger partial charge in [-0.15, -0.1) is 11.3 Å². The van der Waals surface area contributed by atoms with Crippen LogP contribution in [-0.4, -0.2) is 18.6 Å². The van der Waals surface area contributed by atoms with Crippen LogP contribution in [0.15, 0.2) is 34.9 Å². The van der Waals surface area contributed by atoms with Gasteiger partial charge in [0.15, 0.2) is 0 Å². The Labute approximate surface area is 123 Å². The van der Waals surface area contributed by atoms with E-state index in [0.29, 0.717) is 13.0 Å². The van der Waals surface area contributed by atoms with Gasteiger partial charge in [-0.1, -0.05) is 0 Å². The summed E-state index contributed by atoms with van der Waals surface area (Å²) in [7, 11) is 0. The van der Waals surface area contributed by atoms with Crippen molar-refractivity contribution in [2.75, 3.05) is 6.54 Å². The van der Waals surface area contributed by atoms with Crippen LogP contribution in [0.2, 0.25) is 0 Å². The Morgan fingerprint density at radius 3 is 2.76 bits per heavy atom. The van der Waals surface area contributed by atoms with Crippen LogP contribution in [0.25, 0.3) is 10.6 Å². The minimum Gasteiger partial charge on any atom is -0.464 e. The van der Waals surface area contributed by atoms with E-state index in [1.807, 2.05) is 18.2 Å². The fourth-order valence-corrected chi connectivity index (χ4v) is 2.71. The largest absolute Gasteiger partial charge is 0.464 e. The lowest BCUT2D eigenvalue weighted by Gasteiger charge is -2.06. The lowest BCUT2D eigenvalue weighted by atomic mass is 10.2. The van der Waals surface area contributed by atoms with Gasteiger partial charge in [-0.25, -0.2) is 0 Å². The van der Waals surface area contributed by atoms with Crippen LogP contribution >= 0.6 is 11.3 Å². The van der Waals surface area contributed by atoms with Crippen LogP contribution in [0.4, 0.5) is 13.2 Å². The maximum Gasteiger partial charge on any atom is 0.389 e. The molecule has 2 aromatic heterocycles. The molecule has 0 atom stereocenters. The van der Waals surface area contributed by atoms with Crippen molar-refractivity contribution < 1.29 is 22.4 Å². The molecule has 3 nitrogen and oxygen atoms in total. The predicted molar refractivity (Wildman–Crippen MR) is 74.0 cm³/mol. The standard InChI is InChI=1S/C14H14F3NO2S/c15-14(16,17)7-5-13(19)18-8-6-10-3-4-12(21-10)11-2-1-9-20-11/h1-4,9H,5-8H2,(H,18,19). The molecule has 0 radical (unpaired) electrons. The van der Waals surface area contributed by atoms with Crippen LogP contribution in [-0.2, 0) is 11.2 Å². The number of hydrogen-bond acceptors (Lipinski definition) is 3. The average Bonchev–Trinajstić information content (AvgIpc) is 3.06. The summed E-state index contributed by atoms with van der Waals surface area (Å²) in [5.74, 6) is 0.204. The normalized spacial score (nSPS) is 11.6. The molecule has 0 bridgehead atoms. The first-order valence-corrected chi connectivity index (χ1v) is 7.22. The zero-order valence-corrected chi connectivity index (χ0v) is 11.9. The SMILES string of the molecule is O=C(CCC(F)(F)F)NCCc1ccc(-c2ccco2)s1. The number of hydrogen-bond donors (Lipinski definition) is 1. The van der Waals surface area contributed by atoms with Gasteiger partial charge >= 0.3 is 6.18 Å². The lowest BCUT2D eigenvalue weighted by Crippen LogP contribution is -2.26. The maximum atomic E-state index is 12.0. The Kier molecular flexibility index (Phi) is 5.06. The number of furan rings is 1. The summed E-state index contributed by atoms with van der Waals surface area (Å²) < 4.78 is 41.1. The Hall–Kier alpha value is -1.76. The van der Waals surface area contributed by atoms with E-state index >= 15 is 0 Å². The Balaban J connectivity index is 1.73. The molecule has 2 rings (SSSR count). The Morgan fingerprint density at radius 2 is 2.10 bits per heavy atom. The fourth-order valence-electron chi connectivity index (χ4n) is 1.73. The summed E-state index contributed by atoms with van der Waals surface area (Å²) in [6.45, 7) is 0.328. The number of nitrogens with one attached hydrogen (secondary N) is 1. The van der Waals surface area contributed by atoms with Crippen LogP contribution in [0.3, 0.4) is 0 Å². The molecule has 2 aromatic rings. The zero-order valence-electron chi connectivity index (χ0n) is 11.1. The second-order valence-electron chi connectivity index (χ2n) is 4.46. The third-order valence-electron chi connectivity index (χ3n) is 2.75. The van der Waals surface area contributed by atoms with E-state index in [1.54, 1.807) is 12.3 Å². The molecule has 0 aliphatic carbocycles. The van der Waals surface area contributed by atoms with E-state index in [-0.39, 0.29) is 0 Å². The fraction of sp³-hybridized carbons (Fsp3) is 0.357. The van der Waals surface area contributed by atoms with Gasteiger partial charge in [-0.3, -0.25) is 4.79 Å². The van der Waals surface area contributed by atoms with E-state index in [1.165, 1.54) is 11.3 Å². The van der Waals surface area contributed by atoms with Crippen molar-refractivity contribution in [1.82, 2.24) is 5.32 Å². The summed E-state index contributed by atoms with van der Waals surface area (Å²) in [6.07, 6.45) is -3.71. The first-order chi connectivity index (χ1) is 9.94. The molecule has 0 aliphatic rings. The molecule has 114 valence electrons. The van der Waals surface area contributed by atoms with Crippen molar-refractivity contribution in [3.05, 3.63) is 35.4 Å². The molecular weight excluding hydrogens is 303 g/mol. The molecule has 7 heteroatoms. The summed E-state index contributed by atoms with van der Waals surface area (Å²) in [6, 6.07) is 7.50. The summed E-state index contributed by atoms with van der Waals surface area (Å²) in [5.41, 5.74) is 0. The highest BCUT2D eigenvalue weighted by Crippen LogP contribution is 2.28. The van der Waals surface area contributed by atoms with E-state index in [0.717, 1.165) is 15.5 Å². The first kappa shape index (κ1) is 15.6. The molecule has 1 amide bonds. The number of carbonyl (C=O) groups is 1. The minimum absolute atomic E-state index is 0.328. The van der Waals surface area contributed by atoms with Crippen LogP contribution in [0.1, 0.15) is 17.7 Å². The van der Waals surface area contributed by atoms with Gasteiger partial charge < -0.3 is 9.73 Å².